The summed E-state index contributed by atoms with van der Waals surface area (Å²) >= 11 is 0. The number of hydrazone groups is 1. The molecule has 0 radical (unpaired) electrons. The number of nitriles is 1. The maximum atomic E-state index is 12.4. The molecule has 3 aromatic carbocycles. The van der Waals surface area contributed by atoms with Crippen LogP contribution in [0.15, 0.2) is 107 Å². The van der Waals surface area contributed by atoms with E-state index in [2.05, 4.69) is 11.2 Å². The van der Waals surface area contributed by atoms with Gasteiger partial charge in [0.1, 0.15) is 6.04 Å². The van der Waals surface area contributed by atoms with Gasteiger partial charge in [-0.25, -0.2) is 4.68 Å². The highest BCUT2D eigenvalue weighted by atomic mass is 16.1. The van der Waals surface area contributed by atoms with Crippen LogP contribution in [0.3, 0.4) is 0 Å². The van der Waals surface area contributed by atoms with Gasteiger partial charge >= 0.3 is 0 Å². The van der Waals surface area contributed by atoms with Crippen LogP contribution in [0.5, 0.6) is 0 Å². The van der Waals surface area contributed by atoms with Crippen molar-refractivity contribution in [2.75, 3.05) is 5.01 Å². The molecule has 1 aromatic heterocycles. The van der Waals surface area contributed by atoms with Crippen LogP contribution in [0.1, 0.15) is 24.1 Å². The number of aromatic nitrogens is 2. The maximum Gasteiger partial charge on any atom is 0.182 e. The minimum Gasteiger partial charge on any atom is -0.396 e. The van der Waals surface area contributed by atoms with Gasteiger partial charge in [-0.2, -0.15) is 15.5 Å². The van der Waals surface area contributed by atoms with Crippen molar-refractivity contribution in [3.63, 3.8) is 0 Å². The van der Waals surface area contributed by atoms with Crippen molar-refractivity contribution in [1.82, 2.24) is 9.78 Å². The fourth-order valence-corrected chi connectivity index (χ4v) is 4.31. The zero-order valence-electron chi connectivity index (χ0n) is 20.0. The van der Waals surface area contributed by atoms with E-state index in [1.807, 2.05) is 98.0 Å². The van der Waals surface area contributed by atoms with E-state index in [1.54, 1.807) is 9.69 Å². The highest BCUT2D eigenvalue weighted by Crippen LogP contribution is 2.41. The number of carbonyl (C=O) groups excluding carboxylic acids is 1. The largest absolute Gasteiger partial charge is 0.396 e. The lowest BCUT2D eigenvalue weighted by atomic mass is 9.91. The van der Waals surface area contributed by atoms with Crippen LogP contribution >= 0.6 is 0 Å². The molecule has 5 rings (SSSR count). The molecule has 176 valence electrons. The summed E-state index contributed by atoms with van der Waals surface area (Å²) in [5.74, 6) is -0.307. The van der Waals surface area contributed by atoms with E-state index in [9.17, 15) is 10.1 Å². The van der Waals surface area contributed by atoms with E-state index in [0.717, 1.165) is 28.1 Å². The summed E-state index contributed by atoms with van der Waals surface area (Å²) in [4.78, 5) is 12.4. The minimum atomic E-state index is -0.686. The molecule has 0 bridgehead atoms. The van der Waals surface area contributed by atoms with E-state index in [4.69, 9.17) is 10.8 Å². The number of rotatable bonds is 5. The minimum absolute atomic E-state index is 0.0685. The number of para-hydroxylation sites is 2. The quantitative estimate of drug-likeness (QED) is 0.436. The number of Topliss-reactive ketones (excluding diaryl/α,β-unsaturated/α-hetero) is 1. The molecule has 7 nitrogen and oxygen atoms in total. The molecule has 36 heavy (non-hydrogen) atoms. The zero-order valence-corrected chi connectivity index (χ0v) is 20.0. The van der Waals surface area contributed by atoms with Gasteiger partial charge in [-0.05, 0) is 31.2 Å². The fraction of sp³-hybridized carbons (Fsp3) is 0.103. The summed E-state index contributed by atoms with van der Waals surface area (Å²) in [5.41, 5.74) is 11.9. The molecule has 2 heterocycles. The number of aryl methyl sites for hydroxylation is 1. The number of nitrogens with two attached hydrogens (primary N) is 1. The van der Waals surface area contributed by atoms with Crippen molar-refractivity contribution in [2.24, 2.45) is 10.8 Å². The first kappa shape index (κ1) is 22.8. The molecule has 4 aromatic rings. The third-order valence-electron chi connectivity index (χ3n) is 6.13. The van der Waals surface area contributed by atoms with Crippen molar-refractivity contribution in [3.05, 3.63) is 114 Å². The molecule has 7 heteroatoms. The second-order valence-corrected chi connectivity index (χ2v) is 8.61. The van der Waals surface area contributed by atoms with Crippen LogP contribution in [0, 0.1) is 18.3 Å². The van der Waals surface area contributed by atoms with Gasteiger partial charge in [0.25, 0.3) is 0 Å². The summed E-state index contributed by atoms with van der Waals surface area (Å²) < 4.78 is 1.79. The zero-order chi connectivity index (χ0) is 25.2. The van der Waals surface area contributed by atoms with Crippen LogP contribution in [0.2, 0.25) is 0 Å². The predicted octanol–water partition coefficient (Wildman–Crippen LogP) is 5.09. The Morgan fingerprint density at radius 3 is 2.14 bits per heavy atom. The predicted molar refractivity (Wildman–Crippen MR) is 140 cm³/mol. The smallest absolute Gasteiger partial charge is 0.182 e. The van der Waals surface area contributed by atoms with Gasteiger partial charge in [0.05, 0.1) is 34.4 Å². The third kappa shape index (κ3) is 4.05. The Morgan fingerprint density at radius 2 is 1.56 bits per heavy atom. The van der Waals surface area contributed by atoms with Crippen LogP contribution in [0.25, 0.3) is 16.9 Å². The fourth-order valence-electron chi connectivity index (χ4n) is 4.31. The Balaban J connectivity index is 1.78. The molecule has 2 N–H and O–H groups in total. The standard InChI is InChI=1S/C29H24N6O/c1-19-13-15-21(16-14-19)28-25(18-34(32-28)22-9-5-3-6-10-22)29-24(17-30)26(31)27(20(2)36)33-35(29)23-11-7-4-8-12-23/h3-16,18,29H,31H2,1-2H3. The van der Waals surface area contributed by atoms with Crippen LogP contribution < -0.4 is 10.7 Å². The number of carbonyl (C=O) groups is 1. The summed E-state index contributed by atoms with van der Waals surface area (Å²) in [7, 11) is 0. The van der Waals surface area contributed by atoms with Crippen LogP contribution in [-0.2, 0) is 4.79 Å². The monoisotopic (exact) mass is 472 g/mol. The molecule has 0 amide bonds. The van der Waals surface area contributed by atoms with Gasteiger partial charge in [0.2, 0.25) is 0 Å². The molecule has 1 atom stereocenters. The average Bonchev–Trinajstić information content (AvgIpc) is 3.34. The first-order chi connectivity index (χ1) is 17.5. The Labute approximate surface area is 209 Å². The molecule has 1 aliphatic rings. The lowest BCUT2D eigenvalue weighted by Gasteiger charge is -2.33. The van der Waals surface area contributed by atoms with Crippen molar-refractivity contribution in [1.29, 1.82) is 5.26 Å². The molecule has 0 spiro atoms. The lowest BCUT2D eigenvalue weighted by Crippen LogP contribution is -2.37. The molecule has 1 aliphatic heterocycles. The highest BCUT2D eigenvalue weighted by Gasteiger charge is 2.37. The second kappa shape index (κ2) is 9.35. The normalized spacial score (nSPS) is 15.4. The van der Waals surface area contributed by atoms with E-state index in [0.29, 0.717) is 5.69 Å². The molecule has 1 unspecified atom stereocenters. The first-order valence-electron chi connectivity index (χ1n) is 11.5. The maximum absolute atomic E-state index is 12.4. The van der Waals surface area contributed by atoms with Crippen molar-refractivity contribution in [3.8, 4) is 23.0 Å². The van der Waals surface area contributed by atoms with Crippen LogP contribution in [0.4, 0.5) is 5.69 Å². The second-order valence-electron chi connectivity index (χ2n) is 8.61. The Kier molecular flexibility index (Phi) is 5.93. The number of anilines is 1. The van der Waals surface area contributed by atoms with Gasteiger partial charge in [-0.15, -0.1) is 0 Å². The van der Waals surface area contributed by atoms with Gasteiger partial charge < -0.3 is 5.73 Å². The molecule has 0 fully saturated rings. The SMILES string of the molecule is CC(=O)C1=NN(c2ccccc2)C(c2cn(-c3ccccc3)nc2-c2ccc(C)cc2)C(C#N)=C1N. The number of nitrogens with zero attached hydrogens (tertiary/aromatic N) is 5. The first-order valence-corrected chi connectivity index (χ1v) is 11.5. The summed E-state index contributed by atoms with van der Waals surface area (Å²) in [5, 5.41) is 21.5. The average molecular weight is 473 g/mol. The molecule has 0 aliphatic carbocycles. The Morgan fingerprint density at radius 1 is 0.944 bits per heavy atom. The molecule has 0 saturated carbocycles. The Hall–Kier alpha value is -4.96. The van der Waals surface area contributed by atoms with E-state index in [1.165, 1.54) is 6.92 Å². The number of allylic oxidation sites excluding steroid dienone is 1. The van der Waals surface area contributed by atoms with Crippen molar-refractivity contribution >= 4 is 17.2 Å². The van der Waals surface area contributed by atoms with Gasteiger partial charge in [-0.3, -0.25) is 9.80 Å². The lowest BCUT2D eigenvalue weighted by molar-refractivity contribution is -0.111. The highest BCUT2D eigenvalue weighted by molar-refractivity contribution is 6.45. The van der Waals surface area contributed by atoms with Gasteiger partial charge in [-0.1, -0.05) is 66.2 Å². The number of hydrogen-bond donors (Lipinski definition) is 1. The summed E-state index contributed by atoms with van der Waals surface area (Å²) in [6, 6.07) is 28.9. The van der Waals surface area contributed by atoms with Crippen molar-refractivity contribution in [2.45, 2.75) is 19.9 Å². The number of ketones is 1. The van der Waals surface area contributed by atoms with Gasteiger partial charge in [0.15, 0.2) is 11.5 Å². The molecular formula is C29H24N6O. The third-order valence-corrected chi connectivity index (χ3v) is 6.13. The van der Waals surface area contributed by atoms with Crippen LogP contribution in [-0.4, -0.2) is 21.3 Å². The Bertz CT molecular complexity index is 1530. The number of hydrogen-bond acceptors (Lipinski definition) is 6. The van der Waals surface area contributed by atoms with Gasteiger partial charge in [0, 0.05) is 24.2 Å². The topological polar surface area (TPSA) is 100 Å². The van der Waals surface area contributed by atoms with Crippen molar-refractivity contribution < 1.29 is 4.79 Å². The van der Waals surface area contributed by atoms with E-state index in [-0.39, 0.29) is 22.8 Å². The van der Waals surface area contributed by atoms with E-state index >= 15 is 0 Å². The summed E-state index contributed by atoms with van der Waals surface area (Å²) in [6.07, 6.45) is 1.91. The van der Waals surface area contributed by atoms with E-state index < -0.39 is 6.04 Å². The molecular weight excluding hydrogens is 448 g/mol. The number of benzene rings is 3. The summed E-state index contributed by atoms with van der Waals surface area (Å²) in [6.45, 7) is 3.43. The molecule has 0 saturated heterocycles.